The second-order valence-corrected chi connectivity index (χ2v) is 5.99. The van der Waals surface area contributed by atoms with E-state index in [-0.39, 0.29) is 5.91 Å². The number of hydrogen-bond acceptors (Lipinski definition) is 4. The van der Waals surface area contributed by atoms with Gasteiger partial charge in [0.1, 0.15) is 10.7 Å². The molecule has 0 spiro atoms. The van der Waals surface area contributed by atoms with Crippen LogP contribution in [-0.4, -0.2) is 15.9 Å². The third-order valence-corrected chi connectivity index (χ3v) is 4.38. The van der Waals surface area contributed by atoms with Gasteiger partial charge in [0.2, 0.25) is 0 Å². The minimum atomic E-state index is -0.141. The van der Waals surface area contributed by atoms with E-state index in [0.29, 0.717) is 17.9 Å². The van der Waals surface area contributed by atoms with Crippen molar-refractivity contribution >= 4 is 33.8 Å². The molecule has 0 aliphatic heterocycles. The molecular formula is C15H16N4OS. The van der Waals surface area contributed by atoms with Crippen molar-refractivity contribution < 1.29 is 4.79 Å². The number of aryl methyl sites for hydroxylation is 1. The summed E-state index contributed by atoms with van der Waals surface area (Å²) in [6.07, 6.45) is 2.83. The number of fused-ring (bicyclic) bond motifs is 1. The van der Waals surface area contributed by atoms with Crippen LogP contribution >= 0.6 is 11.3 Å². The predicted octanol–water partition coefficient (Wildman–Crippen LogP) is 2.70. The molecule has 5 nitrogen and oxygen atoms in total. The lowest BCUT2D eigenvalue weighted by Gasteiger charge is -2.00. The smallest absolute Gasteiger partial charge is 0.268 e. The van der Waals surface area contributed by atoms with E-state index in [9.17, 15) is 4.79 Å². The molecule has 3 aromatic rings. The number of thiazole rings is 1. The Morgan fingerprint density at radius 1 is 1.43 bits per heavy atom. The molecule has 0 saturated heterocycles. The average Bonchev–Trinajstić information content (AvgIpc) is 3.10. The van der Waals surface area contributed by atoms with Crippen molar-refractivity contribution in [2.45, 2.75) is 19.9 Å². The first-order valence-corrected chi connectivity index (χ1v) is 7.57. The van der Waals surface area contributed by atoms with Crippen molar-refractivity contribution in [1.29, 1.82) is 0 Å². The largest absolute Gasteiger partial charge is 0.399 e. The van der Waals surface area contributed by atoms with E-state index in [1.165, 1.54) is 4.88 Å². The summed E-state index contributed by atoms with van der Waals surface area (Å²) in [5.74, 6) is -0.141. The molecule has 1 aromatic carbocycles. The van der Waals surface area contributed by atoms with Gasteiger partial charge in [-0.05, 0) is 30.7 Å². The first kappa shape index (κ1) is 13.6. The van der Waals surface area contributed by atoms with E-state index in [0.717, 1.165) is 22.3 Å². The van der Waals surface area contributed by atoms with E-state index in [1.807, 2.05) is 24.4 Å². The van der Waals surface area contributed by atoms with Crippen LogP contribution < -0.4 is 11.1 Å². The standard InChI is InChI=1S/C15H16N4OS/c1-2-11-7-17-14(21-11)8-18-15(20)13-6-9-5-10(16)3-4-12(9)19-13/h3-7,19H,2,8,16H2,1H3,(H,18,20). The Balaban J connectivity index is 1.71. The molecule has 6 heteroatoms. The minimum Gasteiger partial charge on any atom is -0.399 e. The number of nitrogen functional groups attached to an aromatic ring is 1. The number of benzene rings is 1. The lowest BCUT2D eigenvalue weighted by atomic mass is 10.2. The van der Waals surface area contributed by atoms with Crippen LogP contribution in [0, 0.1) is 0 Å². The molecule has 21 heavy (non-hydrogen) atoms. The zero-order valence-corrected chi connectivity index (χ0v) is 12.5. The second kappa shape index (κ2) is 5.57. The minimum absolute atomic E-state index is 0.141. The molecule has 2 aromatic heterocycles. The number of aromatic nitrogens is 2. The fourth-order valence-corrected chi connectivity index (χ4v) is 2.92. The molecule has 0 radical (unpaired) electrons. The number of nitrogens with zero attached hydrogens (tertiary/aromatic N) is 1. The molecule has 0 aliphatic carbocycles. The fraction of sp³-hybridized carbons (Fsp3) is 0.200. The molecule has 0 atom stereocenters. The Labute approximate surface area is 126 Å². The van der Waals surface area contributed by atoms with E-state index >= 15 is 0 Å². The van der Waals surface area contributed by atoms with Gasteiger partial charge in [-0.15, -0.1) is 11.3 Å². The normalized spacial score (nSPS) is 10.9. The van der Waals surface area contributed by atoms with Gasteiger partial charge in [0, 0.05) is 27.7 Å². The Morgan fingerprint density at radius 2 is 2.29 bits per heavy atom. The molecule has 108 valence electrons. The quantitative estimate of drug-likeness (QED) is 0.648. The van der Waals surface area contributed by atoms with Gasteiger partial charge in [-0.1, -0.05) is 6.92 Å². The highest BCUT2D eigenvalue weighted by atomic mass is 32.1. The number of carbonyl (C=O) groups is 1. The molecular weight excluding hydrogens is 284 g/mol. The van der Waals surface area contributed by atoms with Gasteiger partial charge >= 0.3 is 0 Å². The topological polar surface area (TPSA) is 83.8 Å². The van der Waals surface area contributed by atoms with Gasteiger partial charge in [0.05, 0.1) is 6.54 Å². The molecule has 0 fully saturated rings. The average molecular weight is 300 g/mol. The number of aromatic amines is 1. The summed E-state index contributed by atoms with van der Waals surface area (Å²) in [6.45, 7) is 2.53. The number of H-pyrrole nitrogens is 1. The molecule has 0 aliphatic rings. The Morgan fingerprint density at radius 3 is 3.05 bits per heavy atom. The maximum absolute atomic E-state index is 12.2. The van der Waals surface area contributed by atoms with E-state index in [1.54, 1.807) is 17.4 Å². The number of nitrogens with one attached hydrogen (secondary N) is 2. The number of anilines is 1. The van der Waals surface area contributed by atoms with Crippen LogP contribution in [0.25, 0.3) is 10.9 Å². The molecule has 1 amide bonds. The zero-order chi connectivity index (χ0) is 14.8. The number of amides is 1. The monoisotopic (exact) mass is 300 g/mol. The van der Waals surface area contributed by atoms with Gasteiger partial charge in [0.15, 0.2) is 0 Å². The highest BCUT2D eigenvalue weighted by molar-refractivity contribution is 7.11. The van der Waals surface area contributed by atoms with Crippen molar-refractivity contribution in [3.05, 3.63) is 46.0 Å². The number of rotatable bonds is 4. The summed E-state index contributed by atoms with van der Waals surface area (Å²) in [5, 5.41) is 4.72. The van der Waals surface area contributed by atoms with Crippen LogP contribution in [0.5, 0.6) is 0 Å². The lowest BCUT2D eigenvalue weighted by Crippen LogP contribution is -2.22. The second-order valence-electron chi connectivity index (χ2n) is 4.79. The van der Waals surface area contributed by atoms with Crippen molar-refractivity contribution in [2.75, 3.05) is 5.73 Å². The third-order valence-electron chi connectivity index (χ3n) is 3.24. The van der Waals surface area contributed by atoms with Crippen LogP contribution in [0.3, 0.4) is 0 Å². The summed E-state index contributed by atoms with van der Waals surface area (Å²) in [5.41, 5.74) is 7.85. The first-order chi connectivity index (χ1) is 10.2. The number of hydrogen-bond donors (Lipinski definition) is 3. The first-order valence-electron chi connectivity index (χ1n) is 6.75. The highest BCUT2D eigenvalue weighted by Gasteiger charge is 2.10. The van der Waals surface area contributed by atoms with Gasteiger partial charge in [-0.3, -0.25) is 4.79 Å². The van der Waals surface area contributed by atoms with Crippen LogP contribution in [0.15, 0.2) is 30.5 Å². The molecule has 0 unspecified atom stereocenters. The summed E-state index contributed by atoms with van der Waals surface area (Å²) in [7, 11) is 0. The molecule has 2 heterocycles. The van der Waals surface area contributed by atoms with Crippen LogP contribution in [-0.2, 0) is 13.0 Å². The Hall–Kier alpha value is -2.34. The summed E-state index contributed by atoms with van der Waals surface area (Å²) >= 11 is 1.62. The summed E-state index contributed by atoms with van der Waals surface area (Å²) < 4.78 is 0. The van der Waals surface area contributed by atoms with Crippen molar-refractivity contribution in [2.24, 2.45) is 0 Å². The van der Waals surface area contributed by atoms with Crippen molar-refractivity contribution in [1.82, 2.24) is 15.3 Å². The predicted molar refractivity (Wildman–Crippen MR) is 85.4 cm³/mol. The number of nitrogens with two attached hydrogens (primary N) is 1. The van der Waals surface area contributed by atoms with Gasteiger partial charge in [0.25, 0.3) is 5.91 Å². The summed E-state index contributed by atoms with van der Waals surface area (Å²) in [4.78, 5) is 20.7. The maximum Gasteiger partial charge on any atom is 0.268 e. The number of carbonyl (C=O) groups excluding carboxylic acids is 1. The van der Waals surface area contributed by atoms with Crippen LogP contribution in [0.1, 0.15) is 27.3 Å². The molecule has 0 saturated carbocycles. The van der Waals surface area contributed by atoms with Crippen molar-refractivity contribution in [3.63, 3.8) is 0 Å². The fourth-order valence-electron chi connectivity index (χ4n) is 2.12. The van der Waals surface area contributed by atoms with Gasteiger partial charge in [-0.2, -0.15) is 0 Å². The van der Waals surface area contributed by atoms with Crippen LogP contribution in [0.4, 0.5) is 5.69 Å². The van der Waals surface area contributed by atoms with E-state index in [4.69, 9.17) is 5.73 Å². The highest BCUT2D eigenvalue weighted by Crippen LogP contribution is 2.18. The molecule has 0 bridgehead atoms. The summed E-state index contributed by atoms with van der Waals surface area (Å²) in [6, 6.07) is 7.33. The third kappa shape index (κ3) is 2.90. The zero-order valence-electron chi connectivity index (χ0n) is 11.6. The van der Waals surface area contributed by atoms with Crippen molar-refractivity contribution in [3.8, 4) is 0 Å². The van der Waals surface area contributed by atoms with Crippen LogP contribution in [0.2, 0.25) is 0 Å². The SMILES string of the molecule is CCc1cnc(CNC(=O)c2cc3cc(N)ccc3[nH]2)s1. The molecule has 3 rings (SSSR count). The lowest BCUT2D eigenvalue weighted by molar-refractivity contribution is 0.0946. The Bertz CT molecular complexity index is 790. The van der Waals surface area contributed by atoms with Gasteiger partial charge in [-0.25, -0.2) is 4.98 Å². The Kier molecular flexibility index (Phi) is 3.62. The van der Waals surface area contributed by atoms with E-state index in [2.05, 4.69) is 22.2 Å². The van der Waals surface area contributed by atoms with Gasteiger partial charge < -0.3 is 16.0 Å². The molecule has 4 N–H and O–H groups in total. The maximum atomic E-state index is 12.2. The van der Waals surface area contributed by atoms with E-state index < -0.39 is 0 Å².